The highest BCUT2D eigenvalue weighted by Crippen LogP contribution is 2.26. The Morgan fingerprint density at radius 1 is 1.40 bits per heavy atom. The highest BCUT2D eigenvalue weighted by molar-refractivity contribution is 7.89. The molecule has 0 aliphatic rings. The number of sulfonamides is 1. The fourth-order valence-corrected chi connectivity index (χ4v) is 3.20. The minimum absolute atomic E-state index is 0.0150. The lowest BCUT2D eigenvalue weighted by Crippen LogP contribution is -2.15. The number of aromatic nitrogens is 1. The van der Waals surface area contributed by atoms with E-state index in [1.807, 2.05) is 0 Å². The third-order valence-electron chi connectivity index (χ3n) is 2.73. The van der Waals surface area contributed by atoms with Crippen LogP contribution >= 0.6 is 11.3 Å². The van der Waals surface area contributed by atoms with Crippen molar-refractivity contribution in [3.8, 4) is 0 Å². The van der Waals surface area contributed by atoms with E-state index in [4.69, 9.17) is 10.9 Å². The van der Waals surface area contributed by atoms with E-state index in [1.165, 1.54) is 6.07 Å². The van der Waals surface area contributed by atoms with Crippen molar-refractivity contribution in [3.05, 3.63) is 38.4 Å². The molecule has 0 bridgehead atoms. The van der Waals surface area contributed by atoms with Gasteiger partial charge in [0.15, 0.2) is 0 Å². The summed E-state index contributed by atoms with van der Waals surface area (Å²) in [6.07, 6.45) is 0. The minimum atomic E-state index is -3.83. The second-order valence-electron chi connectivity index (χ2n) is 4.26. The van der Waals surface area contributed by atoms with Gasteiger partial charge >= 0.3 is 4.87 Å². The first-order chi connectivity index (χ1) is 9.27. The van der Waals surface area contributed by atoms with Crippen LogP contribution in [0.3, 0.4) is 0 Å². The minimum Gasteiger partial charge on any atom is -0.399 e. The van der Waals surface area contributed by atoms with Crippen molar-refractivity contribution in [2.24, 2.45) is 5.14 Å². The van der Waals surface area contributed by atoms with Crippen LogP contribution in [0.1, 0.15) is 11.3 Å². The molecule has 0 saturated carbocycles. The van der Waals surface area contributed by atoms with E-state index in [2.05, 4.69) is 10.3 Å². The smallest absolute Gasteiger partial charge is 0.304 e. The zero-order chi connectivity index (χ0) is 14.9. The fourth-order valence-electron chi connectivity index (χ4n) is 1.78. The quantitative estimate of drug-likeness (QED) is 0.613. The largest absolute Gasteiger partial charge is 0.399 e. The number of benzene rings is 1. The molecule has 0 aliphatic heterocycles. The number of anilines is 2. The molecule has 0 atom stereocenters. The third kappa shape index (κ3) is 3.18. The molecule has 0 radical (unpaired) electrons. The van der Waals surface area contributed by atoms with Gasteiger partial charge in [0.05, 0.1) is 11.4 Å². The summed E-state index contributed by atoms with van der Waals surface area (Å²) in [6, 6.07) is 2.94. The topological polar surface area (TPSA) is 131 Å². The highest BCUT2D eigenvalue weighted by Gasteiger charge is 2.15. The molecular formula is C11H14N4O3S2. The van der Waals surface area contributed by atoms with Crippen LogP contribution in [-0.2, 0) is 16.6 Å². The summed E-state index contributed by atoms with van der Waals surface area (Å²) >= 11 is 1.06. The van der Waals surface area contributed by atoms with Crippen LogP contribution in [0, 0.1) is 6.92 Å². The Kier molecular flexibility index (Phi) is 3.84. The van der Waals surface area contributed by atoms with Crippen molar-refractivity contribution < 1.29 is 8.42 Å². The SMILES string of the molecule is Cc1c(NCc2csc(=O)[nH]2)cc(N)cc1S(N)(=O)=O. The Labute approximate surface area is 119 Å². The molecule has 1 heterocycles. The number of primary sulfonamides is 1. The van der Waals surface area contributed by atoms with Crippen molar-refractivity contribution in [3.63, 3.8) is 0 Å². The van der Waals surface area contributed by atoms with E-state index in [9.17, 15) is 13.2 Å². The molecule has 1 aromatic carbocycles. The van der Waals surface area contributed by atoms with Gasteiger partial charge in [0.2, 0.25) is 10.0 Å². The van der Waals surface area contributed by atoms with E-state index in [0.717, 1.165) is 11.3 Å². The first-order valence-electron chi connectivity index (χ1n) is 5.61. The molecule has 0 aliphatic carbocycles. The van der Waals surface area contributed by atoms with Gasteiger partial charge in [0, 0.05) is 22.4 Å². The van der Waals surface area contributed by atoms with Crippen molar-refractivity contribution in [1.29, 1.82) is 0 Å². The number of nitrogens with two attached hydrogens (primary N) is 2. The number of rotatable bonds is 4. The monoisotopic (exact) mass is 314 g/mol. The molecule has 108 valence electrons. The van der Waals surface area contributed by atoms with Crippen molar-refractivity contribution in [2.75, 3.05) is 11.1 Å². The number of nitrogen functional groups attached to an aromatic ring is 1. The lowest BCUT2D eigenvalue weighted by molar-refractivity contribution is 0.597. The average Bonchev–Trinajstić information content (AvgIpc) is 2.74. The fraction of sp³-hybridized carbons (Fsp3) is 0.182. The molecule has 6 N–H and O–H groups in total. The van der Waals surface area contributed by atoms with Gasteiger partial charge in [-0.05, 0) is 24.6 Å². The molecule has 2 aromatic rings. The Balaban J connectivity index is 2.32. The van der Waals surface area contributed by atoms with Gasteiger partial charge in [0.1, 0.15) is 0 Å². The number of thiazole rings is 1. The zero-order valence-electron chi connectivity index (χ0n) is 10.6. The van der Waals surface area contributed by atoms with E-state index in [0.29, 0.717) is 29.2 Å². The summed E-state index contributed by atoms with van der Waals surface area (Å²) in [5.41, 5.74) is 7.72. The molecule has 0 saturated heterocycles. The van der Waals surface area contributed by atoms with E-state index in [1.54, 1.807) is 18.4 Å². The van der Waals surface area contributed by atoms with E-state index < -0.39 is 10.0 Å². The Morgan fingerprint density at radius 3 is 2.65 bits per heavy atom. The van der Waals surface area contributed by atoms with Crippen LogP contribution in [0.2, 0.25) is 0 Å². The summed E-state index contributed by atoms with van der Waals surface area (Å²) < 4.78 is 23.0. The summed E-state index contributed by atoms with van der Waals surface area (Å²) in [4.78, 5) is 13.5. The van der Waals surface area contributed by atoms with Crippen molar-refractivity contribution in [1.82, 2.24) is 4.98 Å². The average molecular weight is 314 g/mol. The molecule has 9 heteroatoms. The van der Waals surface area contributed by atoms with Gasteiger partial charge < -0.3 is 16.0 Å². The molecule has 7 nitrogen and oxygen atoms in total. The molecule has 20 heavy (non-hydrogen) atoms. The lowest BCUT2D eigenvalue weighted by atomic mass is 10.2. The van der Waals surface area contributed by atoms with Crippen LogP contribution < -0.4 is 21.1 Å². The summed E-state index contributed by atoms with van der Waals surface area (Å²) in [7, 11) is -3.83. The van der Waals surface area contributed by atoms with Crippen LogP contribution in [0.25, 0.3) is 0 Å². The molecule has 0 spiro atoms. The Bertz CT molecular complexity index is 792. The second kappa shape index (κ2) is 5.27. The van der Waals surface area contributed by atoms with Crippen molar-refractivity contribution in [2.45, 2.75) is 18.4 Å². The number of aromatic amines is 1. The number of hydrogen-bond acceptors (Lipinski definition) is 6. The molecule has 0 amide bonds. The van der Waals surface area contributed by atoms with E-state index in [-0.39, 0.29) is 9.77 Å². The predicted octanol–water partition coefficient (Wildman–Crippen LogP) is 0.587. The summed E-state index contributed by atoms with van der Waals surface area (Å²) in [6.45, 7) is 1.99. The number of nitrogens with one attached hydrogen (secondary N) is 2. The summed E-state index contributed by atoms with van der Waals surface area (Å²) in [5, 5.41) is 9.87. The first-order valence-corrected chi connectivity index (χ1v) is 8.03. The van der Waals surface area contributed by atoms with Crippen LogP contribution in [0.15, 0.2) is 27.2 Å². The van der Waals surface area contributed by atoms with Gasteiger partial charge in [-0.3, -0.25) is 4.79 Å². The van der Waals surface area contributed by atoms with Gasteiger partial charge in [0.25, 0.3) is 0 Å². The van der Waals surface area contributed by atoms with Gasteiger partial charge in [-0.1, -0.05) is 11.3 Å². The maximum absolute atomic E-state index is 11.5. The van der Waals surface area contributed by atoms with Gasteiger partial charge in [-0.25, -0.2) is 13.6 Å². The van der Waals surface area contributed by atoms with Crippen LogP contribution in [0.5, 0.6) is 0 Å². The maximum Gasteiger partial charge on any atom is 0.304 e. The van der Waals surface area contributed by atoms with Crippen LogP contribution in [0.4, 0.5) is 11.4 Å². The van der Waals surface area contributed by atoms with E-state index >= 15 is 0 Å². The Morgan fingerprint density at radius 2 is 2.10 bits per heavy atom. The first kappa shape index (κ1) is 14.6. The standard InChI is InChI=1S/C11H14N4O3S2/c1-6-9(14-4-8-5-19-11(16)15-8)2-7(12)3-10(6)20(13,17)18/h2-3,5,14H,4,12H2,1H3,(H,15,16)(H2,13,17,18). The summed E-state index contributed by atoms with van der Waals surface area (Å²) in [5.74, 6) is 0. The molecular weight excluding hydrogens is 300 g/mol. The molecule has 1 aromatic heterocycles. The van der Waals surface area contributed by atoms with Crippen LogP contribution in [-0.4, -0.2) is 13.4 Å². The molecule has 2 rings (SSSR count). The van der Waals surface area contributed by atoms with Crippen molar-refractivity contribution >= 4 is 32.7 Å². The van der Waals surface area contributed by atoms with Gasteiger partial charge in [-0.2, -0.15) is 0 Å². The Hall–Kier alpha value is -1.84. The lowest BCUT2D eigenvalue weighted by Gasteiger charge is -2.13. The number of hydrogen-bond donors (Lipinski definition) is 4. The number of H-pyrrole nitrogens is 1. The third-order valence-corrected chi connectivity index (χ3v) is 4.48. The second-order valence-corrected chi connectivity index (χ2v) is 6.64. The van der Waals surface area contributed by atoms with Gasteiger partial charge in [-0.15, -0.1) is 0 Å². The molecule has 0 unspecified atom stereocenters. The predicted molar refractivity (Wildman–Crippen MR) is 79.2 cm³/mol. The normalized spacial score (nSPS) is 11.5. The highest BCUT2D eigenvalue weighted by atomic mass is 32.2. The maximum atomic E-state index is 11.5. The molecule has 0 fully saturated rings. The zero-order valence-corrected chi connectivity index (χ0v) is 12.3.